The van der Waals surface area contributed by atoms with Gasteiger partial charge in [0.05, 0.1) is 11.0 Å². The number of nitrogens with one attached hydrogen (secondary N) is 1. The van der Waals surface area contributed by atoms with Gasteiger partial charge in [-0.2, -0.15) is 0 Å². The van der Waals surface area contributed by atoms with E-state index in [1.807, 2.05) is 42.5 Å². The molecule has 1 heterocycles. The molecule has 1 aromatic heterocycles. The summed E-state index contributed by atoms with van der Waals surface area (Å²) in [6.07, 6.45) is 0.0278. The number of rotatable bonds is 9. The zero-order valence-corrected chi connectivity index (χ0v) is 20.0. The Morgan fingerprint density at radius 3 is 2.29 bits per heavy atom. The molecule has 180 valence electrons. The van der Waals surface area contributed by atoms with Gasteiger partial charge in [-0.05, 0) is 66.1 Å². The number of hydrogen-bond acceptors (Lipinski definition) is 4. The minimum Gasteiger partial charge on any atom is -0.491 e. The molecule has 3 aromatic carbocycles. The van der Waals surface area contributed by atoms with Gasteiger partial charge in [0.2, 0.25) is 0 Å². The Kier molecular flexibility index (Phi) is 8.50. The molecule has 0 radical (unpaired) electrons. The summed E-state index contributed by atoms with van der Waals surface area (Å²) in [5.41, 5.74) is 4.41. The first kappa shape index (κ1) is 25.5. The summed E-state index contributed by atoms with van der Waals surface area (Å²) in [5, 5.41) is 13.9. The van der Waals surface area contributed by atoms with Gasteiger partial charge in [-0.3, -0.25) is 9.13 Å². The fraction of sp³-hybridized carbons (Fsp3) is 0.269. The quantitative estimate of drug-likeness (QED) is 0.353. The molecule has 0 aliphatic heterocycles. The van der Waals surface area contributed by atoms with Gasteiger partial charge >= 0.3 is 5.69 Å². The van der Waals surface area contributed by atoms with Crippen LogP contribution in [0.5, 0.6) is 5.75 Å². The SMILES string of the molecule is Cl.Cn1c(=O)n(C)c2cc(C(O)COc3ccc(CNCCc4ccc(F)cc4)cc3)ccc21. The summed E-state index contributed by atoms with van der Waals surface area (Å²) in [7, 11) is 3.45. The monoisotopic (exact) mass is 485 g/mol. The lowest BCUT2D eigenvalue weighted by atomic mass is 10.1. The van der Waals surface area contributed by atoms with Gasteiger partial charge in [0.25, 0.3) is 0 Å². The highest BCUT2D eigenvalue weighted by Gasteiger charge is 2.13. The average Bonchev–Trinajstić information content (AvgIpc) is 3.05. The Labute approximate surface area is 204 Å². The number of halogens is 2. The van der Waals surface area contributed by atoms with Crippen molar-refractivity contribution >= 4 is 23.4 Å². The summed E-state index contributed by atoms with van der Waals surface area (Å²) in [6, 6.07) is 19.8. The number of aromatic nitrogens is 2. The predicted octanol–water partition coefficient (Wildman–Crippen LogP) is 3.88. The molecule has 1 unspecified atom stereocenters. The molecule has 6 nitrogen and oxygen atoms in total. The van der Waals surface area contributed by atoms with E-state index in [0.29, 0.717) is 11.3 Å². The Hall–Kier alpha value is -3.13. The molecule has 0 aliphatic carbocycles. The number of hydrogen-bond donors (Lipinski definition) is 2. The van der Waals surface area contributed by atoms with Crippen LogP contribution >= 0.6 is 12.4 Å². The molecule has 1 atom stereocenters. The number of aryl methyl sites for hydroxylation is 2. The van der Waals surface area contributed by atoms with E-state index >= 15 is 0 Å². The third-order valence-corrected chi connectivity index (χ3v) is 5.84. The number of fused-ring (bicyclic) bond motifs is 1. The van der Waals surface area contributed by atoms with E-state index in [9.17, 15) is 14.3 Å². The maximum atomic E-state index is 12.9. The van der Waals surface area contributed by atoms with Gasteiger partial charge in [0.15, 0.2) is 0 Å². The first-order chi connectivity index (χ1) is 15.9. The molecular weight excluding hydrogens is 457 g/mol. The average molecular weight is 486 g/mol. The standard InChI is InChI=1S/C26H28FN3O3.ClH/c1-29-23-12-7-20(15-24(23)30(2)26(29)32)25(31)17-33-22-10-5-19(6-11-22)16-28-14-13-18-3-8-21(27)9-4-18;/h3-12,15,25,28,31H,13-14,16-17H2,1-2H3;1H. The van der Waals surface area contributed by atoms with Crippen LogP contribution in [-0.4, -0.2) is 27.4 Å². The summed E-state index contributed by atoms with van der Waals surface area (Å²) in [6.45, 7) is 1.63. The lowest BCUT2D eigenvalue weighted by Gasteiger charge is -2.14. The maximum Gasteiger partial charge on any atom is 0.328 e. The number of ether oxygens (including phenoxy) is 1. The van der Waals surface area contributed by atoms with Crippen molar-refractivity contribution in [3.05, 3.63) is 99.7 Å². The van der Waals surface area contributed by atoms with E-state index < -0.39 is 6.10 Å². The summed E-state index contributed by atoms with van der Waals surface area (Å²) in [5.74, 6) is 0.461. The maximum absolute atomic E-state index is 12.9. The number of imidazole rings is 1. The highest BCUT2D eigenvalue weighted by molar-refractivity contribution is 5.85. The van der Waals surface area contributed by atoms with E-state index in [0.717, 1.165) is 41.7 Å². The predicted molar refractivity (Wildman–Crippen MR) is 134 cm³/mol. The van der Waals surface area contributed by atoms with Gasteiger partial charge in [-0.1, -0.05) is 30.3 Å². The zero-order chi connectivity index (χ0) is 23.4. The third kappa shape index (κ3) is 5.86. The molecule has 0 amide bonds. The second-order valence-corrected chi connectivity index (χ2v) is 8.17. The minimum absolute atomic E-state index is 0. The second-order valence-electron chi connectivity index (χ2n) is 8.17. The van der Waals surface area contributed by atoms with E-state index in [-0.39, 0.29) is 30.5 Å². The van der Waals surface area contributed by atoms with Crippen molar-refractivity contribution in [1.29, 1.82) is 0 Å². The van der Waals surface area contributed by atoms with Gasteiger partial charge in [-0.15, -0.1) is 12.4 Å². The highest BCUT2D eigenvalue weighted by Crippen LogP contribution is 2.21. The molecule has 2 N–H and O–H groups in total. The van der Waals surface area contributed by atoms with E-state index in [4.69, 9.17) is 4.74 Å². The molecule has 0 spiro atoms. The molecular formula is C26H29ClFN3O3. The summed E-state index contributed by atoms with van der Waals surface area (Å²) in [4.78, 5) is 12.1. The van der Waals surface area contributed by atoms with Crippen LogP contribution in [0.2, 0.25) is 0 Å². The van der Waals surface area contributed by atoms with Crippen molar-refractivity contribution < 1.29 is 14.2 Å². The number of aliphatic hydroxyl groups excluding tert-OH is 1. The topological polar surface area (TPSA) is 68.4 Å². The molecule has 0 aliphatic rings. The smallest absolute Gasteiger partial charge is 0.328 e. The molecule has 0 fully saturated rings. The fourth-order valence-corrected chi connectivity index (χ4v) is 3.82. The third-order valence-electron chi connectivity index (χ3n) is 5.84. The van der Waals surface area contributed by atoms with Crippen molar-refractivity contribution in [1.82, 2.24) is 14.5 Å². The Bertz CT molecular complexity index is 1280. The van der Waals surface area contributed by atoms with Crippen LogP contribution in [0.1, 0.15) is 22.8 Å². The number of benzene rings is 3. The largest absolute Gasteiger partial charge is 0.491 e. The first-order valence-corrected chi connectivity index (χ1v) is 10.9. The van der Waals surface area contributed by atoms with Crippen molar-refractivity contribution in [3.8, 4) is 5.75 Å². The van der Waals surface area contributed by atoms with Crippen LogP contribution in [0.25, 0.3) is 11.0 Å². The molecule has 4 aromatic rings. The normalized spacial score (nSPS) is 11.9. The Balaban J connectivity index is 0.00000324. The lowest BCUT2D eigenvalue weighted by Crippen LogP contribution is -2.19. The van der Waals surface area contributed by atoms with Gasteiger partial charge in [-0.25, -0.2) is 9.18 Å². The van der Waals surface area contributed by atoms with Crippen molar-refractivity contribution in [2.24, 2.45) is 14.1 Å². The van der Waals surface area contributed by atoms with Crippen LogP contribution in [0.15, 0.2) is 71.5 Å². The van der Waals surface area contributed by atoms with Gasteiger partial charge in [0.1, 0.15) is 24.3 Å². The van der Waals surface area contributed by atoms with Crippen molar-refractivity contribution in [2.75, 3.05) is 13.2 Å². The molecule has 4 rings (SSSR count). The van der Waals surface area contributed by atoms with Crippen LogP contribution < -0.4 is 15.7 Å². The van der Waals surface area contributed by atoms with E-state index in [1.54, 1.807) is 35.4 Å². The van der Waals surface area contributed by atoms with Crippen LogP contribution in [0.3, 0.4) is 0 Å². The zero-order valence-electron chi connectivity index (χ0n) is 19.2. The van der Waals surface area contributed by atoms with Crippen LogP contribution in [-0.2, 0) is 27.1 Å². The molecule has 0 bridgehead atoms. The van der Waals surface area contributed by atoms with Gasteiger partial charge in [0, 0.05) is 20.6 Å². The number of nitrogens with zero attached hydrogens (tertiary/aromatic N) is 2. The number of aliphatic hydroxyl groups is 1. The Morgan fingerprint density at radius 2 is 1.59 bits per heavy atom. The highest BCUT2D eigenvalue weighted by atomic mass is 35.5. The van der Waals surface area contributed by atoms with Crippen LogP contribution in [0.4, 0.5) is 4.39 Å². The van der Waals surface area contributed by atoms with Crippen LogP contribution in [0, 0.1) is 5.82 Å². The minimum atomic E-state index is -0.808. The lowest BCUT2D eigenvalue weighted by molar-refractivity contribution is 0.108. The molecule has 0 saturated carbocycles. The second kappa shape index (κ2) is 11.3. The molecule has 8 heteroatoms. The van der Waals surface area contributed by atoms with E-state index in [2.05, 4.69) is 5.32 Å². The van der Waals surface area contributed by atoms with E-state index in [1.165, 1.54) is 12.1 Å². The van der Waals surface area contributed by atoms with Crippen molar-refractivity contribution in [2.45, 2.75) is 19.1 Å². The first-order valence-electron chi connectivity index (χ1n) is 10.9. The Morgan fingerprint density at radius 1 is 0.941 bits per heavy atom. The molecule has 34 heavy (non-hydrogen) atoms. The molecule has 0 saturated heterocycles. The summed E-state index contributed by atoms with van der Waals surface area (Å²) < 4.78 is 21.9. The fourth-order valence-electron chi connectivity index (χ4n) is 3.82. The van der Waals surface area contributed by atoms with Crippen molar-refractivity contribution in [3.63, 3.8) is 0 Å². The van der Waals surface area contributed by atoms with Gasteiger partial charge < -0.3 is 15.2 Å². The summed E-state index contributed by atoms with van der Waals surface area (Å²) >= 11 is 0.